The highest BCUT2D eigenvalue weighted by Crippen LogP contribution is 2.27. The number of aryl methyl sites for hydroxylation is 2. The van der Waals surface area contributed by atoms with Gasteiger partial charge in [0.1, 0.15) is 11.3 Å². The first-order valence-corrected chi connectivity index (χ1v) is 7.28. The average molecular weight is 288 g/mol. The van der Waals surface area contributed by atoms with Crippen LogP contribution in [0.25, 0.3) is 28.2 Å². The van der Waals surface area contributed by atoms with Crippen molar-refractivity contribution >= 4 is 11.2 Å². The number of rotatable bonds is 2. The molecule has 4 rings (SSSR count). The zero-order valence-electron chi connectivity index (χ0n) is 12.6. The third-order valence-corrected chi connectivity index (χ3v) is 3.90. The van der Waals surface area contributed by atoms with E-state index in [1.807, 2.05) is 67.2 Å². The van der Waals surface area contributed by atoms with Crippen LogP contribution in [0.15, 0.2) is 60.7 Å². The Kier molecular flexibility index (Phi) is 2.82. The second-order valence-corrected chi connectivity index (χ2v) is 5.37. The molecule has 0 unspecified atom stereocenters. The lowest BCUT2D eigenvalue weighted by Gasteiger charge is -2.02. The lowest BCUT2D eigenvalue weighted by molar-refractivity contribution is 0.867. The third-order valence-electron chi connectivity index (χ3n) is 3.90. The van der Waals surface area contributed by atoms with Crippen LogP contribution in [0.4, 0.5) is 0 Å². The van der Waals surface area contributed by atoms with E-state index in [1.54, 1.807) is 0 Å². The van der Waals surface area contributed by atoms with E-state index in [0.717, 1.165) is 33.9 Å². The van der Waals surface area contributed by atoms with Crippen LogP contribution in [0, 0.1) is 6.92 Å². The Bertz CT molecular complexity index is 934. The molecule has 0 aliphatic rings. The van der Waals surface area contributed by atoms with Gasteiger partial charge in [0.15, 0.2) is 5.65 Å². The van der Waals surface area contributed by atoms with Crippen molar-refractivity contribution in [2.45, 2.75) is 6.92 Å². The van der Waals surface area contributed by atoms with Gasteiger partial charge < -0.3 is 4.57 Å². The molecule has 2 heterocycles. The highest BCUT2D eigenvalue weighted by atomic mass is 15.3. The fraction of sp³-hybridized carbons (Fsp3) is 0.111. The van der Waals surface area contributed by atoms with E-state index >= 15 is 0 Å². The van der Waals surface area contributed by atoms with Gasteiger partial charge in [-0.3, -0.25) is 0 Å². The van der Waals surface area contributed by atoms with Crippen molar-refractivity contribution in [3.05, 3.63) is 66.4 Å². The summed E-state index contributed by atoms with van der Waals surface area (Å²) in [5.41, 5.74) is 5.09. The zero-order valence-corrected chi connectivity index (χ0v) is 12.6. The fourth-order valence-corrected chi connectivity index (χ4v) is 2.88. The first-order valence-electron chi connectivity index (χ1n) is 7.28. The summed E-state index contributed by atoms with van der Waals surface area (Å²) in [6, 6.07) is 20.4. The van der Waals surface area contributed by atoms with Crippen LogP contribution in [0.1, 0.15) is 5.69 Å². The molecule has 2 aromatic heterocycles. The first-order chi connectivity index (χ1) is 10.8. The van der Waals surface area contributed by atoms with Crippen molar-refractivity contribution in [1.29, 1.82) is 0 Å². The zero-order chi connectivity index (χ0) is 15.1. The number of hydrogen-bond donors (Lipinski definition) is 0. The SMILES string of the molecule is Cc1nn(-c2ccccc2)c2nc(-c3ccccc3)n(C)c12. The van der Waals surface area contributed by atoms with Crippen LogP contribution in [-0.2, 0) is 7.05 Å². The molecular formula is C18H16N4. The van der Waals surface area contributed by atoms with Gasteiger partial charge in [0, 0.05) is 12.6 Å². The highest BCUT2D eigenvalue weighted by molar-refractivity contribution is 5.81. The molecule has 0 atom stereocenters. The monoisotopic (exact) mass is 288 g/mol. The van der Waals surface area contributed by atoms with Gasteiger partial charge in [-0.1, -0.05) is 48.5 Å². The van der Waals surface area contributed by atoms with E-state index in [0.29, 0.717) is 0 Å². The molecule has 4 nitrogen and oxygen atoms in total. The van der Waals surface area contributed by atoms with Crippen molar-refractivity contribution in [2.24, 2.45) is 7.05 Å². The van der Waals surface area contributed by atoms with E-state index in [-0.39, 0.29) is 0 Å². The molecule has 0 bridgehead atoms. The summed E-state index contributed by atoms with van der Waals surface area (Å²) in [7, 11) is 2.04. The Morgan fingerprint density at radius 1 is 0.864 bits per heavy atom. The molecule has 0 fully saturated rings. The standard InChI is InChI=1S/C18H16N4/c1-13-16-18(22(20-13)15-11-7-4-8-12-15)19-17(21(16)2)14-9-5-3-6-10-14/h3-12H,1-2H3. The van der Waals surface area contributed by atoms with Crippen molar-refractivity contribution in [3.63, 3.8) is 0 Å². The summed E-state index contributed by atoms with van der Waals surface area (Å²) in [4.78, 5) is 4.84. The van der Waals surface area contributed by atoms with Gasteiger partial charge in [0.25, 0.3) is 0 Å². The number of benzene rings is 2. The fourth-order valence-electron chi connectivity index (χ4n) is 2.88. The van der Waals surface area contributed by atoms with E-state index in [9.17, 15) is 0 Å². The summed E-state index contributed by atoms with van der Waals surface area (Å²) in [6.07, 6.45) is 0. The van der Waals surface area contributed by atoms with E-state index in [2.05, 4.69) is 21.8 Å². The predicted molar refractivity (Wildman–Crippen MR) is 88.0 cm³/mol. The second-order valence-electron chi connectivity index (χ2n) is 5.37. The molecule has 22 heavy (non-hydrogen) atoms. The predicted octanol–water partition coefficient (Wildman–Crippen LogP) is 3.73. The summed E-state index contributed by atoms with van der Waals surface area (Å²) in [5, 5.41) is 4.65. The summed E-state index contributed by atoms with van der Waals surface area (Å²) < 4.78 is 4.03. The molecule has 0 aliphatic heterocycles. The van der Waals surface area contributed by atoms with Crippen LogP contribution in [0.2, 0.25) is 0 Å². The van der Waals surface area contributed by atoms with Crippen LogP contribution >= 0.6 is 0 Å². The molecule has 0 amide bonds. The van der Waals surface area contributed by atoms with Gasteiger partial charge >= 0.3 is 0 Å². The topological polar surface area (TPSA) is 35.6 Å². The normalized spacial score (nSPS) is 11.2. The van der Waals surface area contributed by atoms with Crippen molar-refractivity contribution in [2.75, 3.05) is 0 Å². The molecular weight excluding hydrogens is 272 g/mol. The lowest BCUT2D eigenvalue weighted by Crippen LogP contribution is -1.98. The van der Waals surface area contributed by atoms with Gasteiger partial charge in [0.2, 0.25) is 0 Å². The maximum absolute atomic E-state index is 4.84. The minimum absolute atomic E-state index is 0.894. The highest BCUT2D eigenvalue weighted by Gasteiger charge is 2.18. The summed E-state index contributed by atoms with van der Waals surface area (Å²) >= 11 is 0. The van der Waals surface area contributed by atoms with E-state index in [4.69, 9.17) is 4.98 Å². The molecule has 0 saturated carbocycles. The van der Waals surface area contributed by atoms with Crippen LogP contribution in [0.5, 0.6) is 0 Å². The molecule has 0 spiro atoms. The van der Waals surface area contributed by atoms with E-state index < -0.39 is 0 Å². The molecule has 108 valence electrons. The Hall–Kier alpha value is -2.88. The summed E-state index contributed by atoms with van der Waals surface area (Å²) in [6.45, 7) is 2.03. The van der Waals surface area contributed by atoms with Crippen molar-refractivity contribution < 1.29 is 0 Å². The minimum Gasteiger partial charge on any atom is -0.324 e. The smallest absolute Gasteiger partial charge is 0.182 e. The molecule has 0 saturated heterocycles. The van der Waals surface area contributed by atoms with Gasteiger partial charge in [-0.15, -0.1) is 0 Å². The average Bonchev–Trinajstić information content (AvgIpc) is 3.07. The maximum atomic E-state index is 4.84. The Balaban J connectivity index is 1.99. The quantitative estimate of drug-likeness (QED) is 0.563. The van der Waals surface area contributed by atoms with Gasteiger partial charge in [-0.25, -0.2) is 9.67 Å². The van der Waals surface area contributed by atoms with Crippen LogP contribution in [0.3, 0.4) is 0 Å². The van der Waals surface area contributed by atoms with Crippen LogP contribution in [-0.4, -0.2) is 19.3 Å². The number of para-hydroxylation sites is 1. The Morgan fingerprint density at radius 2 is 1.50 bits per heavy atom. The minimum atomic E-state index is 0.894. The van der Waals surface area contributed by atoms with E-state index in [1.165, 1.54) is 0 Å². The van der Waals surface area contributed by atoms with Gasteiger partial charge in [-0.2, -0.15) is 5.10 Å². The molecule has 4 heteroatoms. The molecule has 0 N–H and O–H groups in total. The molecule has 4 aromatic rings. The first kappa shape index (κ1) is 12.8. The second kappa shape index (κ2) is 4.84. The molecule has 0 aliphatic carbocycles. The Labute approximate surface area is 128 Å². The largest absolute Gasteiger partial charge is 0.324 e. The van der Waals surface area contributed by atoms with Gasteiger partial charge in [0.05, 0.1) is 11.4 Å². The lowest BCUT2D eigenvalue weighted by atomic mass is 10.2. The number of nitrogens with zero attached hydrogens (tertiary/aromatic N) is 4. The Morgan fingerprint density at radius 3 is 2.18 bits per heavy atom. The number of fused-ring (bicyclic) bond motifs is 1. The van der Waals surface area contributed by atoms with Crippen LogP contribution < -0.4 is 0 Å². The number of hydrogen-bond acceptors (Lipinski definition) is 2. The van der Waals surface area contributed by atoms with Crippen molar-refractivity contribution in [1.82, 2.24) is 19.3 Å². The molecule has 2 aromatic carbocycles. The van der Waals surface area contributed by atoms with Crippen molar-refractivity contribution in [3.8, 4) is 17.1 Å². The number of imidazole rings is 1. The summed E-state index contributed by atoms with van der Waals surface area (Å²) in [5.74, 6) is 0.959. The molecule has 0 radical (unpaired) electrons. The third kappa shape index (κ3) is 1.84. The number of aromatic nitrogens is 4. The maximum Gasteiger partial charge on any atom is 0.182 e. The van der Waals surface area contributed by atoms with Gasteiger partial charge in [-0.05, 0) is 19.1 Å².